The fourth-order valence-electron chi connectivity index (χ4n) is 1.21. The molecule has 0 bridgehead atoms. The van der Waals surface area contributed by atoms with E-state index in [4.69, 9.17) is 14.6 Å². The van der Waals surface area contributed by atoms with Gasteiger partial charge >= 0.3 is 0 Å². The summed E-state index contributed by atoms with van der Waals surface area (Å²) in [6.45, 7) is 3.05. The van der Waals surface area contributed by atoms with Crippen molar-refractivity contribution < 1.29 is 19.0 Å². The lowest BCUT2D eigenvalue weighted by molar-refractivity contribution is 0.110. The third-order valence-electron chi connectivity index (χ3n) is 1.94. The second-order valence-electron chi connectivity index (χ2n) is 3.15. The Morgan fingerprint density at radius 1 is 1.35 bits per heavy atom. The predicted octanol–water partition coefficient (Wildman–Crippen LogP) is 1.58. The molecule has 0 aliphatic rings. The summed E-state index contributed by atoms with van der Waals surface area (Å²) in [7, 11) is 0. The van der Waals surface area contributed by atoms with Gasteiger partial charge in [0.25, 0.3) is 0 Å². The molecule has 0 aliphatic heterocycles. The summed E-state index contributed by atoms with van der Waals surface area (Å²) in [5.74, 6) is 5.18. The van der Waals surface area contributed by atoms with Crippen LogP contribution in [0.2, 0.25) is 0 Å². The smallest absolute Gasteiger partial charge is 0.137 e. The van der Waals surface area contributed by atoms with Crippen LogP contribution in [-0.2, 0) is 4.74 Å². The molecular formula is C13H15FO3. The molecule has 0 aliphatic carbocycles. The topological polar surface area (TPSA) is 38.7 Å². The van der Waals surface area contributed by atoms with Crippen LogP contribution in [0.3, 0.4) is 0 Å². The van der Waals surface area contributed by atoms with Crippen molar-refractivity contribution >= 4 is 0 Å². The van der Waals surface area contributed by atoms with Crippen molar-refractivity contribution in [3.05, 3.63) is 29.6 Å². The molecule has 92 valence electrons. The van der Waals surface area contributed by atoms with E-state index in [1.165, 1.54) is 18.2 Å². The van der Waals surface area contributed by atoms with Gasteiger partial charge in [0.15, 0.2) is 0 Å². The fraction of sp³-hybridized carbons (Fsp3) is 0.385. The molecule has 0 radical (unpaired) electrons. The van der Waals surface area contributed by atoms with Gasteiger partial charge < -0.3 is 14.6 Å². The quantitative estimate of drug-likeness (QED) is 0.625. The van der Waals surface area contributed by atoms with E-state index in [2.05, 4.69) is 11.8 Å². The average Bonchev–Trinajstić information content (AvgIpc) is 2.33. The fourth-order valence-corrected chi connectivity index (χ4v) is 1.21. The van der Waals surface area contributed by atoms with Crippen molar-refractivity contribution in [2.45, 2.75) is 6.92 Å². The standard InChI is InChI=1S/C13H15FO3/c1-2-16-8-9-17-13-10-12(14)6-5-11(13)4-3-7-15/h5-6,10,15H,2,7-9H2,1H3. The molecule has 0 saturated heterocycles. The minimum Gasteiger partial charge on any atom is -0.490 e. The Balaban J connectivity index is 2.69. The summed E-state index contributed by atoms with van der Waals surface area (Å²) in [5, 5.41) is 8.61. The molecule has 4 heteroatoms. The van der Waals surface area contributed by atoms with Gasteiger partial charge in [-0.2, -0.15) is 0 Å². The summed E-state index contributed by atoms with van der Waals surface area (Å²) in [4.78, 5) is 0. The Hall–Kier alpha value is -1.57. The van der Waals surface area contributed by atoms with E-state index in [-0.39, 0.29) is 12.4 Å². The minimum atomic E-state index is -0.383. The lowest BCUT2D eigenvalue weighted by Gasteiger charge is -2.08. The van der Waals surface area contributed by atoms with E-state index in [0.717, 1.165) is 0 Å². The molecule has 0 saturated carbocycles. The van der Waals surface area contributed by atoms with Gasteiger partial charge in [-0.25, -0.2) is 4.39 Å². The maximum atomic E-state index is 13.0. The second kappa shape index (κ2) is 7.66. The Labute approximate surface area is 100 Å². The molecular weight excluding hydrogens is 223 g/mol. The number of aliphatic hydroxyl groups excluding tert-OH is 1. The number of rotatable bonds is 5. The van der Waals surface area contributed by atoms with Gasteiger partial charge in [-0.1, -0.05) is 11.8 Å². The van der Waals surface area contributed by atoms with E-state index in [1.54, 1.807) is 0 Å². The molecule has 1 N–H and O–H groups in total. The van der Waals surface area contributed by atoms with E-state index in [1.807, 2.05) is 6.92 Å². The molecule has 0 unspecified atom stereocenters. The monoisotopic (exact) mass is 238 g/mol. The summed E-state index contributed by atoms with van der Waals surface area (Å²) >= 11 is 0. The van der Waals surface area contributed by atoms with Gasteiger partial charge in [-0.3, -0.25) is 0 Å². The van der Waals surface area contributed by atoms with E-state index < -0.39 is 0 Å². The first kappa shape index (κ1) is 13.5. The molecule has 0 heterocycles. The van der Waals surface area contributed by atoms with Crippen molar-refractivity contribution in [2.24, 2.45) is 0 Å². The first-order valence-corrected chi connectivity index (χ1v) is 5.37. The van der Waals surface area contributed by atoms with Crippen LogP contribution in [0.15, 0.2) is 18.2 Å². The van der Waals surface area contributed by atoms with E-state index in [0.29, 0.717) is 31.1 Å². The van der Waals surface area contributed by atoms with Crippen LogP contribution in [0.5, 0.6) is 5.75 Å². The molecule has 1 aromatic carbocycles. The Morgan fingerprint density at radius 2 is 2.18 bits per heavy atom. The maximum Gasteiger partial charge on any atom is 0.137 e. The predicted molar refractivity (Wildman–Crippen MR) is 62.4 cm³/mol. The summed E-state index contributed by atoms with van der Waals surface area (Å²) in [5.41, 5.74) is 0.553. The zero-order chi connectivity index (χ0) is 12.5. The number of halogens is 1. The second-order valence-corrected chi connectivity index (χ2v) is 3.15. The third kappa shape index (κ3) is 4.85. The summed E-state index contributed by atoms with van der Waals surface area (Å²) in [6.07, 6.45) is 0. The van der Waals surface area contributed by atoms with Gasteiger partial charge in [0, 0.05) is 12.7 Å². The third-order valence-corrected chi connectivity index (χ3v) is 1.94. The van der Waals surface area contributed by atoms with Gasteiger partial charge in [-0.05, 0) is 19.1 Å². The van der Waals surface area contributed by atoms with E-state index >= 15 is 0 Å². The molecule has 1 aromatic rings. The van der Waals surface area contributed by atoms with Crippen LogP contribution in [0.25, 0.3) is 0 Å². The highest BCUT2D eigenvalue weighted by Gasteiger charge is 2.03. The summed E-state index contributed by atoms with van der Waals surface area (Å²) < 4.78 is 23.5. The zero-order valence-corrected chi connectivity index (χ0v) is 9.70. The maximum absolute atomic E-state index is 13.0. The average molecular weight is 238 g/mol. The lowest BCUT2D eigenvalue weighted by atomic mass is 10.2. The molecule has 3 nitrogen and oxygen atoms in total. The molecule has 0 fully saturated rings. The van der Waals surface area contributed by atoms with Crippen molar-refractivity contribution in [3.63, 3.8) is 0 Å². The van der Waals surface area contributed by atoms with Crippen LogP contribution in [0.1, 0.15) is 12.5 Å². The van der Waals surface area contributed by atoms with E-state index in [9.17, 15) is 4.39 Å². The largest absolute Gasteiger partial charge is 0.490 e. The van der Waals surface area contributed by atoms with Crippen molar-refractivity contribution in [2.75, 3.05) is 26.4 Å². The van der Waals surface area contributed by atoms with Gasteiger partial charge in [0.2, 0.25) is 0 Å². The van der Waals surface area contributed by atoms with Gasteiger partial charge in [0.05, 0.1) is 12.2 Å². The molecule has 0 spiro atoms. The van der Waals surface area contributed by atoms with Crippen LogP contribution in [0.4, 0.5) is 4.39 Å². The van der Waals surface area contributed by atoms with Crippen LogP contribution < -0.4 is 4.74 Å². The highest BCUT2D eigenvalue weighted by Crippen LogP contribution is 2.18. The number of ether oxygens (including phenoxy) is 2. The SMILES string of the molecule is CCOCCOc1cc(F)ccc1C#CCO. The Kier molecular flexibility index (Phi) is 6.08. The number of aliphatic hydroxyl groups is 1. The zero-order valence-electron chi connectivity index (χ0n) is 9.70. The normalized spacial score (nSPS) is 9.59. The van der Waals surface area contributed by atoms with Crippen LogP contribution in [0, 0.1) is 17.7 Å². The summed E-state index contributed by atoms with van der Waals surface area (Å²) in [6, 6.07) is 4.10. The number of benzene rings is 1. The highest BCUT2D eigenvalue weighted by atomic mass is 19.1. The minimum absolute atomic E-state index is 0.240. The molecule has 17 heavy (non-hydrogen) atoms. The lowest BCUT2D eigenvalue weighted by Crippen LogP contribution is -2.07. The molecule has 1 rings (SSSR count). The molecule has 0 amide bonds. The highest BCUT2D eigenvalue weighted by molar-refractivity contribution is 5.46. The van der Waals surface area contributed by atoms with Gasteiger partial charge in [-0.15, -0.1) is 0 Å². The van der Waals surface area contributed by atoms with Crippen molar-refractivity contribution in [3.8, 4) is 17.6 Å². The van der Waals surface area contributed by atoms with Gasteiger partial charge in [0.1, 0.15) is 24.8 Å². The molecule has 0 aromatic heterocycles. The van der Waals surface area contributed by atoms with Crippen molar-refractivity contribution in [1.29, 1.82) is 0 Å². The Bertz CT molecular complexity index is 407. The van der Waals surface area contributed by atoms with Crippen LogP contribution in [-0.4, -0.2) is 31.5 Å². The van der Waals surface area contributed by atoms with Crippen molar-refractivity contribution in [1.82, 2.24) is 0 Å². The number of hydrogen-bond acceptors (Lipinski definition) is 3. The number of hydrogen-bond donors (Lipinski definition) is 1. The first-order chi connectivity index (χ1) is 8.27. The van der Waals surface area contributed by atoms with Crippen LogP contribution >= 0.6 is 0 Å². The Morgan fingerprint density at radius 3 is 2.88 bits per heavy atom. The first-order valence-electron chi connectivity index (χ1n) is 5.37. The molecule has 0 atom stereocenters.